The number of hydrogen-bond donors (Lipinski definition) is 1. The Morgan fingerprint density at radius 3 is 2.32 bits per heavy atom. The second kappa shape index (κ2) is 5.85. The molecule has 0 aliphatic carbocycles. The first-order chi connectivity index (χ1) is 10.9. The van der Waals surface area contributed by atoms with Gasteiger partial charge in [0.1, 0.15) is 0 Å². The van der Waals surface area contributed by atoms with Gasteiger partial charge < -0.3 is 5.32 Å². The summed E-state index contributed by atoms with van der Waals surface area (Å²) in [7, 11) is 0. The molecule has 3 heteroatoms. The maximum atomic E-state index is 4.97. The van der Waals surface area contributed by atoms with Crippen LogP contribution >= 0.6 is 0 Å². The van der Waals surface area contributed by atoms with Gasteiger partial charge in [-0.05, 0) is 31.5 Å². The number of benzene rings is 2. The molecule has 110 valence electrons. The molecule has 1 unspecified atom stereocenters. The Kier molecular flexibility index (Phi) is 3.57. The van der Waals surface area contributed by atoms with E-state index in [-0.39, 0.29) is 0 Å². The van der Waals surface area contributed by atoms with E-state index in [1.165, 1.54) is 12.8 Å². The lowest BCUT2D eigenvalue weighted by Gasteiger charge is -2.24. The molecule has 1 fully saturated rings. The summed E-state index contributed by atoms with van der Waals surface area (Å²) in [4.78, 5) is 9.90. The van der Waals surface area contributed by atoms with E-state index in [2.05, 4.69) is 35.6 Å². The maximum Gasteiger partial charge on any atom is 0.0928 e. The van der Waals surface area contributed by atoms with Crippen LogP contribution < -0.4 is 5.32 Å². The lowest BCUT2D eigenvalue weighted by molar-refractivity contribution is 0.455. The van der Waals surface area contributed by atoms with Gasteiger partial charge in [-0.2, -0.15) is 0 Å². The molecule has 1 aliphatic heterocycles. The van der Waals surface area contributed by atoms with Crippen molar-refractivity contribution in [1.82, 2.24) is 15.3 Å². The molecule has 3 aromatic rings. The zero-order valence-electron chi connectivity index (χ0n) is 12.5. The highest BCUT2D eigenvalue weighted by molar-refractivity contribution is 5.78. The zero-order valence-corrected chi connectivity index (χ0v) is 12.5. The fraction of sp³-hybridized carbons (Fsp3) is 0.263. The topological polar surface area (TPSA) is 37.8 Å². The Bertz CT molecular complexity index is 777. The van der Waals surface area contributed by atoms with Crippen molar-refractivity contribution in [3.05, 3.63) is 60.3 Å². The van der Waals surface area contributed by atoms with Crippen molar-refractivity contribution in [3.8, 4) is 11.3 Å². The first-order valence-electron chi connectivity index (χ1n) is 7.94. The van der Waals surface area contributed by atoms with Crippen molar-refractivity contribution in [2.24, 2.45) is 0 Å². The van der Waals surface area contributed by atoms with Crippen LogP contribution in [-0.2, 0) is 0 Å². The van der Waals surface area contributed by atoms with Crippen LogP contribution in [0.5, 0.6) is 0 Å². The van der Waals surface area contributed by atoms with Crippen LogP contribution in [0.15, 0.2) is 54.6 Å². The molecule has 1 N–H and O–H groups in total. The van der Waals surface area contributed by atoms with Crippen LogP contribution in [-0.4, -0.2) is 23.1 Å². The molecule has 4 rings (SSSR count). The van der Waals surface area contributed by atoms with E-state index < -0.39 is 0 Å². The van der Waals surface area contributed by atoms with Gasteiger partial charge in [-0.25, -0.2) is 9.97 Å². The Hall–Kier alpha value is -2.26. The molecule has 0 radical (unpaired) electrons. The van der Waals surface area contributed by atoms with E-state index in [0.717, 1.165) is 41.1 Å². The van der Waals surface area contributed by atoms with Crippen LogP contribution in [0, 0.1) is 0 Å². The molecule has 0 amide bonds. The minimum Gasteiger partial charge on any atom is -0.316 e. The van der Waals surface area contributed by atoms with Gasteiger partial charge in [0.15, 0.2) is 0 Å². The fourth-order valence-corrected chi connectivity index (χ4v) is 3.19. The Labute approximate surface area is 130 Å². The third kappa shape index (κ3) is 2.48. The van der Waals surface area contributed by atoms with E-state index in [1.807, 2.05) is 24.3 Å². The SMILES string of the molecule is c1ccc(-c2nc3ccccc3nc2C2CCCNC2)cc1. The monoisotopic (exact) mass is 289 g/mol. The molecule has 0 saturated carbocycles. The Morgan fingerprint density at radius 2 is 1.59 bits per heavy atom. The average Bonchev–Trinajstić information content (AvgIpc) is 2.62. The lowest BCUT2D eigenvalue weighted by atomic mass is 9.92. The highest BCUT2D eigenvalue weighted by Gasteiger charge is 2.22. The smallest absolute Gasteiger partial charge is 0.0928 e. The molecule has 22 heavy (non-hydrogen) atoms. The summed E-state index contributed by atoms with van der Waals surface area (Å²) in [5, 5.41) is 3.49. The molecule has 1 aromatic heterocycles. The summed E-state index contributed by atoms with van der Waals surface area (Å²) in [5.74, 6) is 0.445. The molecule has 3 nitrogen and oxygen atoms in total. The van der Waals surface area contributed by atoms with Crippen molar-refractivity contribution in [1.29, 1.82) is 0 Å². The van der Waals surface area contributed by atoms with Crippen LogP contribution in [0.1, 0.15) is 24.5 Å². The second-order valence-corrected chi connectivity index (χ2v) is 5.86. The number of piperidine rings is 1. The molecule has 2 aromatic carbocycles. The van der Waals surface area contributed by atoms with Crippen molar-refractivity contribution < 1.29 is 0 Å². The van der Waals surface area contributed by atoms with E-state index in [9.17, 15) is 0 Å². The van der Waals surface area contributed by atoms with E-state index in [1.54, 1.807) is 0 Å². The first kappa shape index (κ1) is 13.4. The average molecular weight is 289 g/mol. The summed E-state index contributed by atoms with van der Waals surface area (Å²) in [6.45, 7) is 2.10. The van der Waals surface area contributed by atoms with Crippen LogP contribution in [0.25, 0.3) is 22.3 Å². The van der Waals surface area contributed by atoms with Gasteiger partial charge in [-0.15, -0.1) is 0 Å². The number of para-hydroxylation sites is 2. The summed E-state index contributed by atoms with van der Waals surface area (Å²) in [5.41, 5.74) is 5.28. The third-order valence-corrected chi connectivity index (χ3v) is 4.33. The van der Waals surface area contributed by atoms with Gasteiger partial charge in [0.2, 0.25) is 0 Å². The molecular weight excluding hydrogens is 270 g/mol. The summed E-state index contributed by atoms with van der Waals surface area (Å²) in [6, 6.07) is 18.6. The molecule has 0 spiro atoms. The van der Waals surface area contributed by atoms with E-state index in [4.69, 9.17) is 9.97 Å². The highest BCUT2D eigenvalue weighted by atomic mass is 14.9. The molecule has 1 aliphatic rings. The van der Waals surface area contributed by atoms with Crippen molar-refractivity contribution in [3.63, 3.8) is 0 Å². The number of nitrogens with one attached hydrogen (secondary N) is 1. The number of nitrogens with zero attached hydrogens (tertiary/aromatic N) is 2. The predicted octanol–water partition coefficient (Wildman–Crippen LogP) is 3.76. The Morgan fingerprint density at radius 1 is 0.864 bits per heavy atom. The summed E-state index contributed by atoms with van der Waals surface area (Å²) in [6.07, 6.45) is 2.38. The van der Waals surface area contributed by atoms with Gasteiger partial charge in [-0.3, -0.25) is 0 Å². The first-order valence-corrected chi connectivity index (χ1v) is 7.94. The standard InChI is InChI=1S/C19H19N3/c1-2-7-14(8-3-1)18-19(15-9-6-12-20-13-15)22-17-11-5-4-10-16(17)21-18/h1-5,7-8,10-11,15,20H,6,9,12-13H2. The van der Waals surface area contributed by atoms with Gasteiger partial charge in [0, 0.05) is 18.0 Å². The molecule has 2 heterocycles. The molecule has 1 saturated heterocycles. The minimum atomic E-state index is 0.445. The molecule has 1 atom stereocenters. The van der Waals surface area contributed by atoms with E-state index >= 15 is 0 Å². The van der Waals surface area contributed by atoms with Gasteiger partial charge >= 0.3 is 0 Å². The largest absolute Gasteiger partial charge is 0.316 e. The zero-order chi connectivity index (χ0) is 14.8. The summed E-state index contributed by atoms with van der Waals surface area (Å²) < 4.78 is 0. The summed E-state index contributed by atoms with van der Waals surface area (Å²) >= 11 is 0. The maximum absolute atomic E-state index is 4.97. The normalized spacial score (nSPS) is 18.5. The van der Waals surface area contributed by atoms with Crippen LogP contribution in [0.4, 0.5) is 0 Å². The minimum absolute atomic E-state index is 0.445. The second-order valence-electron chi connectivity index (χ2n) is 5.86. The highest BCUT2D eigenvalue weighted by Crippen LogP contribution is 2.31. The number of aromatic nitrogens is 2. The number of fused-ring (bicyclic) bond motifs is 1. The van der Waals surface area contributed by atoms with Crippen LogP contribution in [0.2, 0.25) is 0 Å². The number of rotatable bonds is 2. The van der Waals surface area contributed by atoms with E-state index in [0.29, 0.717) is 5.92 Å². The van der Waals surface area contributed by atoms with Gasteiger partial charge in [0.05, 0.1) is 22.4 Å². The van der Waals surface area contributed by atoms with Crippen molar-refractivity contribution in [2.45, 2.75) is 18.8 Å². The van der Waals surface area contributed by atoms with Gasteiger partial charge in [0.25, 0.3) is 0 Å². The fourth-order valence-electron chi connectivity index (χ4n) is 3.19. The molecule has 0 bridgehead atoms. The van der Waals surface area contributed by atoms with Crippen LogP contribution in [0.3, 0.4) is 0 Å². The number of hydrogen-bond acceptors (Lipinski definition) is 3. The lowest BCUT2D eigenvalue weighted by Crippen LogP contribution is -2.29. The third-order valence-electron chi connectivity index (χ3n) is 4.33. The quantitative estimate of drug-likeness (QED) is 0.780. The predicted molar refractivity (Wildman–Crippen MR) is 89.8 cm³/mol. The Balaban J connectivity index is 1.91. The molecular formula is C19H19N3. The van der Waals surface area contributed by atoms with Gasteiger partial charge in [-0.1, -0.05) is 42.5 Å². The van der Waals surface area contributed by atoms with Crippen molar-refractivity contribution >= 4 is 11.0 Å². The van der Waals surface area contributed by atoms with Crippen molar-refractivity contribution in [2.75, 3.05) is 13.1 Å².